The first kappa shape index (κ1) is 18.7. The van der Waals surface area contributed by atoms with Gasteiger partial charge in [0.1, 0.15) is 0 Å². The van der Waals surface area contributed by atoms with Crippen LogP contribution in [0.25, 0.3) is 6.08 Å². The first-order valence-corrected chi connectivity index (χ1v) is 9.26. The number of aryl methyl sites for hydroxylation is 2. The van der Waals surface area contributed by atoms with Gasteiger partial charge >= 0.3 is 0 Å². The van der Waals surface area contributed by atoms with E-state index in [-0.39, 0.29) is 5.91 Å². The van der Waals surface area contributed by atoms with E-state index in [1.165, 1.54) is 5.56 Å². The van der Waals surface area contributed by atoms with Gasteiger partial charge in [0.05, 0.1) is 5.69 Å². The molecule has 1 aliphatic heterocycles. The summed E-state index contributed by atoms with van der Waals surface area (Å²) in [5, 5.41) is 5.15. The maximum absolute atomic E-state index is 12.5. The van der Waals surface area contributed by atoms with Gasteiger partial charge in [-0.3, -0.25) is 14.4 Å². The molecular weight excluding hydrogens is 348 g/mol. The summed E-state index contributed by atoms with van der Waals surface area (Å²) < 4.78 is 1.84. The van der Waals surface area contributed by atoms with Crippen molar-refractivity contribution in [2.45, 2.75) is 20.4 Å². The summed E-state index contributed by atoms with van der Waals surface area (Å²) in [6.07, 6.45) is 3.56. The topological polar surface area (TPSA) is 41.4 Å². The predicted octanol–water partition coefficient (Wildman–Crippen LogP) is 3.05. The van der Waals surface area contributed by atoms with Gasteiger partial charge in [0.15, 0.2) is 0 Å². The van der Waals surface area contributed by atoms with Crippen LogP contribution in [-0.4, -0.2) is 51.7 Å². The number of benzene rings is 1. The van der Waals surface area contributed by atoms with E-state index < -0.39 is 0 Å². The lowest BCUT2D eigenvalue weighted by Crippen LogP contribution is -2.47. The Morgan fingerprint density at radius 1 is 1.23 bits per heavy atom. The third-order valence-electron chi connectivity index (χ3n) is 4.94. The first-order valence-electron chi connectivity index (χ1n) is 8.88. The fourth-order valence-electron chi connectivity index (χ4n) is 3.31. The van der Waals surface area contributed by atoms with Crippen molar-refractivity contribution < 1.29 is 4.79 Å². The minimum Gasteiger partial charge on any atom is -0.337 e. The van der Waals surface area contributed by atoms with E-state index in [0.717, 1.165) is 54.7 Å². The molecule has 6 heteroatoms. The van der Waals surface area contributed by atoms with Crippen LogP contribution in [0.4, 0.5) is 0 Å². The number of hydrogen-bond donors (Lipinski definition) is 0. The lowest BCUT2D eigenvalue weighted by atomic mass is 10.1. The minimum atomic E-state index is 0.0649. The molecule has 1 aromatic carbocycles. The van der Waals surface area contributed by atoms with E-state index >= 15 is 0 Å². The summed E-state index contributed by atoms with van der Waals surface area (Å²) in [5.41, 5.74) is 4.25. The molecule has 2 heterocycles. The Balaban J connectivity index is 1.54. The number of hydrogen-bond acceptors (Lipinski definition) is 3. The number of amides is 1. The number of nitrogens with zero attached hydrogens (tertiary/aromatic N) is 4. The molecule has 2 aromatic rings. The van der Waals surface area contributed by atoms with Crippen LogP contribution in [0.2, 0.25) is 5.02 Å². The predicted molar refractivity (Wildman–Crippen MR) is 105 cm³/mol. The van der Waals surface area contributed by atoms with Crippen LogP contribution in [0, 0.1) is 13.8 Å². The van der Waals surface area contributed by atoms with Crippen molar-refractivity contribution in [3.05, 3.63) is 57.9 Å². The molecule has 0 unspecified atom stereocenters. The molecule has 3 rings (SSSR count). The molecule has 1 aromatic heterocycles. The van der Waals surface area contributed by atoms with Crippen LogP contribution in [0.15, 0.2) is 30.3 Å². The van der Waals surface area contributed by atoms with Gasteiger partial charge in [0, 0.05) is 62.1 Å². The van der Waals surface area contributed by atoms with Gasteiger partial charge in [0.2, 0.25) is 5.91 Å². The highest BCUT2D eigenvalue weighted by Gasteiger charge is 2.20. The van der Waals surface area contributed by atoms with Crippen LogP contribution < -0.4 is 0 Å². The molecule has 1 saturated heterocycles. The monoisotopic (exact) mass is 372 g/mol. The molecular formula is C20H25ClN4O. The highest BCUT2D eigenvalue weighted by molar-refractivity contribution is 6.30. The summed E-state index contributed by atoms with van der Waals surface area (Å²) in [7, 11) is 1.92. The summed E-state index contributed by atoms with van der Waals surface area (Å²) in [6, 6.07) is 7.95. The average molecular weight is 373 g/mol. The Kier molecular flexibility index (Phi) is 5.79. The first-order chi connectivity index (χ1) is 12.4. The van der Waals surface area contributed by atoms with E-state index in [1.54, 1.807) is 6.08 Å². The molecule has 0 bridgehead atoms. The van der Waals surface area contributed by atoms with Crippen LogP contribution in [-0.2, 0) is 18.4 Å². The summed E-state index contributed by atoms with van der Waals surface area (Å²) >= 11 is 6.05. The number of carbonyl (C=O) groups is 1. The van der Waals surface area contributed by atoms with E-state index in [4.69, 9.17) is 11.6 Å². The van der Waals surface area contributed by atoms with Crippen molar-refractivity contribution in [3.63, 3.8) is 0 Å². The van der Waals surface area contributed by atoms with Crippen molar-refractivity contribution in [1.29, 1.82) is 0 Å². The van der Waals surface area contributed by atoms with Crippen LogP contribution in [0.3, 0.4) is 0 Å². The van der Waals surface area contributed by atoms with Crippen LogP contribution in [0.5, 0.6) is 0 Å². The lowest BCUT2D eigenvalue weighted by Gasteiger charge is -2.34. The molecule has 1 fully saturated rings. The number of carbonyl (C=O) groups excluding carboxylic acids is 1. The quantitative estimate of drug-likeness (QED) is 0.774. The second kappa shape index (κ2) is 8.06. The third kappa shape index (κ3) is 4.34. The Hall–Kier alpha value is -2.11. The zero-order valence-electron chi connectivity index (χ0n) is 15.6. The van der Waals surface area contributed by atoms with Crippen LogP contribution >= 0.6 is 11.6 Å². The van der Waals surface area contributed by atoms with E-state index in [9.17, 15) is 4.79 Å². The highest BCUT2D eigenvalue weighted by Crippen LogP contribution is 2.16. The van der Waals surface area contributed by atoms with Crippen molar-refractivity contribution >= 4 is 23.6 Å². The zero-order chi connectivity index (χ0) is 18.7. The molecule has 26 heavy (non-hydrogen) atoms. The normalized spacial score (nSPS) is 15.8. The average Bonchev–Trinajstić information content (AvgIpc) is 2.85. The van der Waals surface area contributed by atoms with Crippen molar-refractivity contribution in [2.75, 3.05) is 26.2 Å². The smallest absolute Gasteiger partial charge is 0.246 e. The minimum absolute atomic E-state index is 0.0649. The standard InChI is InChI=1S/C20H25ClN4O/c1-15-19(16(2)23(3)22-15)7-8-20(26)25-11-9-24(10-12-25)14-17-5-4-6-18(21)13-17/h4-8,13H,9-12,14H2,1-3H3/b8-7+. The SMILES string of the molecule is Cc1nn(C)c(C)c1/C=C/C(=O)N1CCN(Cc2cccc(Cl)c2)CC1. The second-order valence-electron chi connectivity index (χ2n) is 6.77. The summed E-state index contributed by atoms with van der Waals surface area (Å²) in [5.74, 6) is 0.0649. The van der Waals surface area contributed by atoms with Crippen molar-refractivity contribution in [2.24, 2.45) is 7.05 Å². The molecule has 0 saturated carbocycles. The number of piperazine rings is 1. The Morgan fingerprint density at radius 3 is 2.58 bits per heavy atom. The maximum Gasteiger partial charge on any atom is 0.246 e. The molecule has 0 radical (unpaired) electrons. The molecule has 138 valence electrons. The summed E-state index contributed by atoms with van der Waals surface area (Å²) in [6.45, 7) is 8.08. The van der Waals surface area contributed by atoms with E-state index in [1.807, 2.05) is 54.8 Å². The largest absolute Gasteiger partial charge is 0.337 e. The number of aromatic nitrogens is 2. The molecule has 5 nitrogen and oxygen atoms in total. The van der Waals surface area contributed by atoms with Gasteiger partial charge in [0.25, 0.3) is 0 Å². The zero-order valence-corrected chi connectivity index (χ0v) is 16.3. The highest BCUT2D eigenvalue weighted by atomic mass is 35.5. The van der Waals surface area contributed by atoms with Gasteiger partial charge in [-0.15, -0.1) is 0 Å². The fraction of sp³-hybridized carbons (Fsp3) is 0.400. The molecule has 0 aliphatic carbocycles. The number of rotatable bonds is 4. The van der Waals surface area contributed by atoms with Gasteiger partial charge in [-0.25, -0.2) is 0 Å². The van der Waals surface area contributed by atoms with Gasteiger partial charge < -0.3 is 4.90 Å². The molecule has 0 atom stereocenters. The number of halogens is 1. The van der Waals surface area contributed by atoms with Gasteiger partial charge in [-0.2, -0.15) is 5.10 Å². The molecule has 0 spiro atoms. The molecule has 1 amide bonds. The maximum atomic E-state index is 12.5. The second-order valence-corrected chi connectivity index (χ2v) is 7.21. The van der Waals surface area contributed by atoms with Crippen molar-refractivity contribution in [3.8, 4) is 0 Å². The Labute approximate surface area is 159 Å². The van der Waals surface area contributed by atoms with Gasteiger partial charge in [-0.05, 0) is 37.6 Å². The Morgan fingerprint density at radius 2 is 1.96 bits per heavy atom. The van der Waals surface area contributed by atoms with Gasteiger partial charge in [-0.1, -0.05) is 23.7 Å². The summed E-state index contributed by atoms with van der Waals surface area (Å²) in [4.78, 5) is 16.8. The molecule has 1 aliphatic rings. The van der Waals surface area contributed by atoms with E-state index in [2.05, 4.69) is 16.1 Å². The fourth-order valence-corrected chi connectivity index (χ4v) is 3.52. The van der Waals surface area contributed by atoms with Crippen LogP contribution in [0.1, 0.15) is 22.5 Å². The molecule has 0 N–H and O–H groups in total. The Bertz CT molecular complexity index is 819. The third-order valence-corrected chi connectivity index (χ3v) is 5.17. The van der Waals surface area contributed by atoms with E-state index in [0.29, 0.717) is 0 Å². The van der Waals surface area contributed by atoms with Crippen molar-refractivity contribution in [1.82, 2.24) is 19.6 Å². The lowest BCUT2D eigenvalue weighted by molar-refractivity contribution is -0.127.